The molecule has 8 aromatic rings. The van der Waals surface area contributed by atoms with Crippen molar-refractivity contribution < 1.29 is 0 Å². The first kappa shape index (κ1) is 27.5. The Labute approximate surface area is 275 Å². The highest BCUT2D eigenvalue weighted by Crippen LogP contribution is 2.50. The van der Waals surface area contributed by atoms with Gasteiger partial charge in [-0.2, -0.15) is 0 Å². The predicted molar refractivity (Wildman–Crippen MR) is 198 cm³/mol. The van der Waals surface area contributed by atoms with Crippen molar-refractivity contribution in [2.75, 3.05) is 4.90 Å². The average Bonchev–Trinajstić information content (AvgIpc) is 3.58. The van der Waals surface area contributed by atoms with Crippen LogP contribution < -0.4 is 4.90 Å². The van der Waals surface area contributed by atoms with Crippen LogP contribution in [0.4, 0.5) is 17.1 Å². The standard InChI is InChI=1S/C45H34N2/c1-45(2)41-20-9-6-17-37(41)38-28-27-36(30-42(38)45)46(33-25-23-32(24-26-33)31-13-4-3-5-14-31)34-15-12-16-35(29-34)47-43-21-10-7-18-39(43)40-19-8-11-22-44(40)47/h3-30H,1-2H3. The molecule has 9 rings (SSSR count). The fourth-order valence-electron chi connectivity index (χ4n) is 7.68. The van der Waals surface area contributed by atoms with Crippen LogP contribution in [0.2, 0.25) is 0 Å². The van der Waals surface area contributed by atoms with E-state index in [2.05, 4.69) is 193 Å². The van der Waals surface area contributed by atoms with Gasteiger partial charge >= 0.3 is 0 Å². The summed E-state index contributed by atoms with van der Waals surface area (Å²) in [6.45, 7) is 4.70. The Morgan fingerprint density at radius 2 is 1.00 bits per heavy atom. The monoisotopic (exact) mass is 602 g/mol. The van der Waals surface area contributed by atoms with Gasteiger partial charge in [-0.25, -0.2) is 0 Å². The highest BCUT2D eigenvalue weighted by atomic mass is 15.1. The normalized spacial score (nSPS) is 13.1. The van der Waals surface area contributed by atoms with Gasteiger partial charge in [-0.15, -0.1) is 0 Å². The van der Waals surface area contributed by atoms with Crippen LogP contribution in [-0.4, -0.2) is 4.57 Å². The summed E-state index contributed by atoms with van der Waals surface area (Å²) in [5.41, 5.74) is 14.7. The Hall–Kier alpha value is -5.86. The van der Waals surface area contributed by atoms with Crippen LogP contribution in [0.5, 0.6) is 0 Å². The molecule has 0 amide bonds. The molecular weight excluding hydrogens is 569 g/mol. The van der Waals surface area contributed by atoms with Gasteiger partial charge in [-0.1, -0.05) is 129 Å². The third-order valence-electron chi connectivity index (χ3n) is 9.98. The van der Waals surface area contributed by atoms with E-state index in [1.54, 1.807) is 0 Å². The van der Waals surface area contributed by atoms with E-state index in [0.29, 0.717) is 0 Å². The lowest BCUT2D eigenvalue weighted by molar-refractivity contribution is 0.660. The van der Waals surface area contributed by atoms with Crippen molar-refractivity contribution in [3.05, 3.63) is 181 Å². The fourth-order valence-corrected chi connectivity index (χ4v) is 7.68. The molecule has 0 N–H and O–H groups in total. The second-order valence-corrected chi connectivity index (χ2v) is 13.0. The number of hydrogen-bond donors (Lipinski definition) is 0. The third kappa shape index (κ3) is 4.33. The molecule has 0 radical (unpaired) electrons. The van der Waals surface area contributed by atoms with Gasteiger partial charge in [0.25, 0.3) is 0 Å². The number of fused-ring (bicyclic) bond motifs is 6. The summed E-state index contributed by atoms with van der Waals surface area (Å²) in [6.07, 6.45) is 0. The molecule has 2 heteroatoms. The first-order valence-corrected chi connectivity index (χ1v) is 16.4. The summed E-state index contributed by atoms with van der Waals surface area (Å²) in [5, 5.41) is 2.53. The van der Waals surface area contributed by atoms with E-state index in [9.17, 15) is 0 Å². The number of para-hydroxylation sites is 2. The lowest BCUT2D eigenvalue weighted by Gasteiger charge is -2.28. The smallest absolute Gasteiger partial charge is 0.0541 e. The molecule has 0 atom stereocenters. The van der Waals surface area contributed by atoms with Crippen LogP contribution in [0.25, 0.3) is 49.7 Å². The minimum absolute atomic E-state index is 0.0877. The van der Waals surface area contributed by atoms with E-state index in [1.807, 2.05) is 0 Å². The number of hydrogen-bond acceptors (Lipinski definition) is 1. The van der Waals surface area contributed by atoms with E-state index in [0.717, 1.165) is 22.7 Å². The molecule has 0 saturated carbocycles. The molecule has 0 unspecified atom stereocenters. The van der Waals surface area contributed by atoms with E-state index < -0.39 is 0 Å². The summed E-state index contributed by atoms with van der Waals surface area (Å²) in [5.74, 6) is 0. The molecule has 1 aliphatic rings. The topological polar surface area (TPSA) is 8.17 Å². The molecule has 7 aromatic carbocycles. The predicted octanol–water partition coefficient (Wildman–Crippen LogP) is 12.2. The lowest BCUT2D eigenvalue weighted by Crippen LogP contribution is -2.16. The van der Waals surface area contributed by atoms with Crippen LogP contribution in [0.3, 0.4) is 0 Å². The van der Waals surface area contributed by atoms with Crippen molar-refractivity contribution in [1.29, 1.82) is 0 Å². The maximum absolute atomic E-state index is 2.41. The number of aromatic nitrogens is 1. The second-order valence-electron chi connectivity index (χ2n) is 13.0. The molecule has 1 aromatic heterocycles. The van der Waals surface area contributed by atoms with Gasteiger partial charge in [-0.3, -0.25) is 0 Å². The van der Waals surface area contributed by atoms with E-state index >= 15 is 0 Å². The fraction of sp³-hybridized carbons (Fsp3) is 0.0667. The SMILES string of the molecule is CC1(C)c2ccccc2-c2ccc(N(c3ccc(-c4ccccc4)cc3)c3cccc(-n4c5ccccc5c5ccccc54)c3)cc21. The first-order valence-electron chi connectivity index (χ1n) is 16.4. The second kappa shape index (κ2) is 10.6. The van der Waals surface area contributed by atoms with Crippen molar-refractivity contribution in [2.24, 2.45) is 0 Å². The van der Waals surface area contributed by atoms with Crippen LogP contribution in [0, 0.1) is 0 Å². The van der Waals surface area contributed by atoms with Crippen molar-refractivity contribution >= 4 is 38.9 Å². The van der Waals surface area contributed by atoms with Crippen LogP contribution in [0.1, 0.15) is 25.0 Å². The molecule has 0 bridgehead atoms. The minimum atomic E-state index is -0.0877. The largest absolute Gasteiger partial charge is 0.310 e. The maximum Gasteiger partial charge on any atom is 0.0541 e. The molecule has 0 fully saturated rings. The first-order chi connectivity index (χ1) is 23.1. The Bertz CT molecular complexity index is 2380. The van der Waals surface area contributed by atoms with Crippen molar-refractivity contribution in [3.8, 4) is 27.9 Å². The zero-order valence-corrected chi connectivity index (χ0v) is 26.6. The molecule has 47 heavy (non-hydrogen) atoms. The highest BCUT2D eigenvalue weighted by Gasteiger charge is 2.35. The van der Waals surface area contributed by atoms with Crippen LogP contribution in [0.15, 0.2) is 170 Å². The third-order valence-corrected chi connectivity index (χ3v) is 9.98. The molecule has 1 heterocycles. The van der Waals surface area contributed by atoms with Crippen molar-refractivity contribution in [3.63, 3.8) is 0 Å². The summed E-state index contributed by atoms with van der Waals surface area (Å²) in [7, 11) is 0. The van der Waals surface area contributed by atoms with Crippen molar-refractivity contribution in [1.82, 2.24) is 4.57 Å². The summed E-state index contributed by atoms with van der Waals surface area (Å²) in [4.78, 5) is 2.41. The Kier molecular flexibility index (Phi) is 6.20. The number of benzene rings is 7. The zero-order chi connectivity index (χ0) is 31.5. The molecular formula is C45H34N2. The molecule has 1 aliphatic carbocycles. The Morgan fingerprint density at radius 1 is 0.426 bits per heavy atom. The van der Waals surface area contributed by atoms with Gasteiger partial charge in [0.05, 0.1) is 11.0 Å². The number of nitrogens with zero attached hydrogens (tertiary/aromatic N) is 2. The minimum Gasteiger partial charge on any atom is -0.310 e. The molecule has 0 aliphatic heterocycles. The Morgan fingerprint density at radius 3 is 1.74 bits per heavy atom. The van der Waals surface area contributed by atoms with Crippen LogP contribution >= 0.6 is 0 Å². The Balaban J connectivity index is 1.23. The van der Waals surface area contributed by atoms with Gasteiger partial charge in [0.1, 0.15) is 0 Å². The van der Waals surface area contributed by atoms with Crippen LogP contribution in [-0.2, 0) is 5.41 Å². The maximum atomic E-state index is 2.41. The lowest BCUT2D eigenvalue weighted by atomic mass is 9.82. The summed E-state index contributed by atoms with van der Waals surface area (Å²) in [6, 6.07) is 61.8. The number of rotatable bonds is 5. The quantitative estimate of drug-likeness (QED) is 0.190. The van der Waals surface area contributed by atoms with Gasteiger partial charge < -0.3 is 9.47 Å². The highest BCUT2D eigenvalue weighted by molar-refractivity contribution is 6.09. The average molecular weight is 603 g/mol. The summed E-state index contributed by atoms with van der Waals surface area (Å²) < 4.78 is 2.40. The van der Waals surface area contributed by atoms with Gasteiger partial charge in [0, 0.05) is 38.9 Å². The molecule has 0 spiro atoms. The van der Waals surface area contributed by atoms with Gasteiger partial charge in [0.2, 0.25) is 0 Å². The zero-order valence-electron chi connectivity index (χ0n) is 26.6. The van der Waals surface area contributed by atoms with Crippen molar-refractivity contribution in [2.45, 2.75) is 19.3 Å². The summed E-state index contributed by atoms with van der Waals surface area (Å²) >= 11 is 0. The van der Waals surface area contributed by atoms with E-state index in [4.69, 9.17) is 0 Å². The number of anilines is 3. The molecule has 0 saturated heterocycles. The van der Waals surface area contributed by atoms with Gasteiger partial charge in [-0.05, 0) is 88.0 Å². The van der Waals surface area contributed by atoms with Gasteiger partial charge in [0.15, 0.2) is 0 Å². The van der Waals surface area contributed by atoms with E-state index in [1.165, 1.54) is 55.2 Å². The molecule has 2 nitrogen and oxygen atoms in total. The van der Waals surface area contributed by atoms with E-state index in [-0.39, 0.29) is 5.41 Å². The molecule has 224 valence electrons.